The van der Waals surface area contributed by atoms with Gasteiger partial charge in [0.1, 0.15) is 0 Å². The molecule has 1 aliphatic heterocycles. The highest BCUT2D eigenvalue weighted by atomic mass is 79.9. The quantitative estimate of drug-likeness (QED) is 0.679. The number of carbonyl (C=O) groups is 3. The predicted molar refractivity (Wildman–Crippen MR) is 110 cm³/mol. The van der Waals surface area contributed by atoms with Crippen molar-refractivity contribution in [2.24, 2.45) is 5.92 Å². The second-order valence-corrected chi connectivity index (χ2v) is 7.79. The summed E-state index contributed by atoms with van der Waals surface area (Å²) in [6.07, 6.45) is 0.0506. The number of nitrogens with one attached hydrogen (secondary N) is 1. The molecule has 2 aromatic rings. The van der Waals surface area contributed by atoms with Crippen molar-refractivity contribution in [2.75, 3.05) is 23.4 Å². The molecule has 0 saturated carbocycles. The van der Waals surface area contributed by atoms with E-state index in [9.17, 15) is 14.4 Å². The first kappa shape index (κ1) is 20.4. The van der Waals surface area contributed by atoms with Crippen molar-refractivity contribution >= 4 is 56.7 Å². The van der Waals surface area contributed by atoms with Crippen LogP contribution in [0.5, 0.6) is 0 Å². The first-order valence-corrected chi connectivity index (χ1v) is 9.79. The molecule has 146 valence electrons. The largest absolute Gasteiger partial charge is 0.455 e. The molecule has 1 N–H and O–H groups in total. The summed E-state index contributed by atoms with van der Waals surface area (Å²) in [5.41, 5.74) is 2.27. The Labute approximate surface area is 175 Å². The van der Waals surface area contributed by atoms with Gasteiger partial charge in [0, 0.05) is 33.8 Å². The average Bonchev–Trinajstić information content (AvgIpc) is 3.05. The first-order chi connectivity index (χ1) is 13.3. The van der Waals surface area contributed by atoms with Gasteiger partial charge in [0.05, 0.1) is 5.92 Å². The molecule has 28 heavy (non-hydrogen) atoms. The van der Waals surface area contributed by atoms with Crippen LogP contribution < -0.4 is 10.2 Å². The van der Waals surface area contributed by atoms with E-state index >= 15 is 0 Å². The Morgan fingerprint density at radius 3 is 2.64 bits per heavy atom. The lowest BCUT2D eigenvalue weighted by Crippen LogP contribution is -2.28. The van der Waals surface area contributed by atoms with Crippen LogP contribution in [0.2, 0.25) is 5.02 Å². The number of benzene rings is 2. The summed E-state index contributed by atoms with van der Waals surface area (Å²) in [5, 5.41) is 3.25. The molecule has 0 aliphatic carbocycles. The zero-order valence-corrected chi connectivity index (χ0v) is 17.4. The Morgan fingerprint density at radius 1 is 1.25 bits per heavy atom. The number of nitrogens with zero attached hydrogens (tertiary/aromatic N) is 1. The van der Waals surface area contributed by atoms with E-state index in [2.05, 4.69) is 21.2 Å². The summed E-state index contributed by atoms with van der Waals surface area (Å²) in [6, 6.07) is 12.2. The van der Waals surface area contributed by atoms with E-state index in [1.54, 1.807) is 30.3 Å². The molecule has 0 aromatic heterocycles. The van der Waals surface area contributed by atoms with E-state index < -0.39 is 24.4 Å². The van der Waals surface area contributed by atoms with Crippen LogP contribution in [0.1, 0.15) is 12.0 Å². The zero-order chi connectivity index (χ0) is 20.3. The van der Waals surface area contributed by atoms with Crippen LogP contribution in [0, 0.1) is 12.8 Å². The zero-order valence-electron chi connectivity index (χ0n) is 15.1. The fourth-order valence-corrected chi connectivity index (χ4v) is 3.28. The molecule has 8 heteroatoms. The molecule has 2 amide bonds. The third-order valence-corrected chi connectivity index (χ3v) is 5.53. The minimum absolute atomic E-state index is 0.0506. The van der Waals surface area contributed by atoms with Crippen molar-refractivity contribution in [3.05, 3.63) is 57.5 Å². The van der Waals surface area contributed by atoms with Crippen molar-refractivity contribution in [1.29, 1.82) is 0 Å². The molecule has 0 bridgehead atoms. The fourth-order valence-electron chi connectivity index (χ4n) is 2.91. The van der Waals surface area contributed by atoms with Crippen LogP contribution in [-0.2, 0) is 19.1 Å². The van der Waals surface area contributed by atoms with E-state index in [1.807, 2.05) is 19.1 Å². The van der Waals surface area contributed by atoms with Gasteiger partial charge in [0.25, 0.3) is 5.91 Å². The molecular formula is C20H18BrClN2O4. The van der Waals surface area contributed by atoms with Crippen LogP contribution in [0.4, 0.5) is 11.4 Å². The van der Waals surface area contributed by atoms with Crippen LogP contribution in [0.25, 0.3) is 0 Å². The van der Waals surface area contributed by atoms with E-state index in [0.717, 1.165) is 10.0 Å². The van der Waals surface area contributed by atoms with E-state index in [1.165, 1.54) is 4.90 Å². The van der Waals surface area contributed by atoms with Crippen molar-refractivity contribution in [3.8, 4) is 0 Å². The minimum atomic E-state index is -0.606. The van der Waals surface area contributed by atoms with E-state index in [0.29, 0.717) is 16.4 Å². The van der Waals surface area contributed by atoms with E-state index in [4.69, 9.17) is 16.3 Å². The molecule has 1 heterocycles. The summed E-state index contributed by atoms with van der Waals surface area (Å²) in [5.74, 6) is -1.77. The van der Waals surface area contributed by atoms with Crippen molar-refractivity contribution < 1.29 is 19.1 Å². The Balaban J connectivity index is 1.52. The van der Waals surface area contributed by atoms with Gasteiger partial charge in [-0.2, -0.15) is 0 Å². The second-order valence-electron chi connectivity index (χ2n) is 6.50. The molecule has 1 aliphatic rings. The highest BCUT2D eigenvalue weighted by molar-refractivity contribution is 9.10. The SMILES string of the molecule is Cc1cc(NC(=O)COC(=O)[C@H]2CC(=O)N(c3ccc(Cl)cc3)C2)ccc1Br. The normalized spacial score (nSPS) is 16.2. The van der Waals surface area contributed by atoms with Crippen LogP contribution in [0.15, 0.2) is 46.9 Å². The van der Waals surface area contributed by atoms with Gasteiger partial charge in [-0.15, -0.1) is 0 Å². The van der Waals surface area contributed by atoms with Gasteiger partial charge in [-0.05, 0) is 55.0 Å². The first-order valence-electron chi connectivity index (χ1n) is 8.62. The van der Waals surface area contributed by atoms with Gasteiger partial charge in [-0.1, -0.05) is 27.5 Å². The Bertz CT molecular complexity index is 917. The molecule has 1 atom stereocenters. The molecule has 1 fully saturated rings. The molecule has 6 nitrogen and oxygen atoms in total. The number of rotatable bonds is 5. The third kappa shape index (κ3) is 4.91. The van der Waals surface area contributed by atoms with Crippen LogP contribution >= 0.6 is 27.5 Å². The number of aryl methyl sites for hydroxylation is 1. The van der Waals surface area contributed by atoms with Crippen molar-refractivity contribution in [3.63, 3.8) is 0 Å². The van der Waals surface area contributed by atoms with Crippen LogP contribution in [0.3, 0.4) is 0 Å². The van der Waals surface area contributed by atoms with Crippen LogP contribution in [-0.4, -0.2) is 30.9 Å². The molecule has 3 rings (SSSR count). The smallest absolute Gasteiger partial charge is 0.311 e. The lowest BCUT2D eigenvalue weighted by Gasteiger charge is -2.16. The summed E-state index contributed by atoms with van der Waals surface area (Å²) >= 11 is 9.25. The fraction of sp³-hybridized carbons (Fsp3) is 0.250. The van der Waals surface area contributed by atoms with E-state index in [-0.39, 0.29) is 18.9 Å². The van der Waals surface area contributed by atoms with Gasteiger partial charge < -0.3 is 15.0 Å². The number of anilines is 2. The molecule has 0 spiro atoms. The molecule has 2 aromatic carbocycles. The summed E-state index contributed by atoms with van der Waals surface area (Å²) in [7, 11) is 0. The standard InChI is InChI=1S/C20H18BrClN2O4/c1-12-8-15(4-7-17(12)21)23-18(25)11-28-20(27)13-9-19(26)24(10-13)16-5-2-14(22)3-6-16/h2-8,13H,9-11H2,1H3,(H,23,25)/t13-/m0/s1. The highest BCUT2D eigenvalue weighted by Gasteiger charge is 2.36. The number of amides is 2. The van der Waals surface area contributed by atoms with Crippen molar-refractivity contribution in [1.82, 2.24) is 0 Å². The lowest BCUT2D eigenvalue weighted by atomic mass is 10.1. The summed E-state index contributed by atoms with van der Waals surface area (Å²) in [4.78, 5) is 38.0. The maximum absolute atomic E-state index is 12.3. The number of ether oxygens (including phenoxy) is 1. The molecular weight excluding hydrogens is 448 g/mol. The Hall–Kier alpha value is -2.38. The topological polar surface area (TPSA) is 75.7 Å². The number of hydrogen-bond donors (Lipinski definition) is 1. The summed E-state index contributed by atoms with van der Waals surface area (Å²) < 4.78 is 6.04. The molecule has 0 radical (unpaired) electrons. The van der Waals surface area contributed by atoms with Gasteiger partial charge in [0.2, 0.25) is 5.91 Å². The Morgan fingerprint density at radius 2 is 1.96 bits per heavy atom. The third-order valence-electron chi connectivity index (χ3n) is 4.38. The number of carbonyl (C=O) groups excluding carboxylic acids is 3. The molecule has 0 unspecified atom stereocenters. The molecule has 1 saturated heterocycles. The van der Waals surface area contributed by atoms with Crippen molar-refractivity contribution in [2.45, 2.75) is 13.3 Å². The number of hydrogen-bond acceptors (Lipinski definition) is 4. The van der Waals surface area contributed by atoms with Gasteiger partial charge >= 0.3 is 5.97 Å². The highest BCUT2D eigenvalue weighted by Crippen LogP contribution is 2.27. The predicted octanol–water partition coefficient (Wildman–Crippen LogP) is 3.95. The maximum Gasteiger partial charge on any atom is 0.311 e. The van der Waals surface area contributed by atoms with Gasteiger partial charge in [-0.25, -0.2) is 0 Å². The van der Waals surface area contributed by atoms with Gasteiger partial charge in [-0.3, -0.25) is 14.4 Å². The van der Waals surface area contributed by atoms with Gasteiger partial charge in [0.15, 0.2) is 6.61 Å². The minimum Gasteiger partial charge on any atom is -0.455 e. The maximum atomic E-state index is 12.3. The summed E-state index contributed by atoms with van der Waals surface area (Å²) in [6.45, 7) is 1.72. The second kappa shape index (κ2) is 8.75. The lowest BCUT2D eigenvalue weighted by molar-refractivity contribution is -0.151. The monoisotopic (exact) mass is 464 g/mol. The Kier molecular flexibility index (Phi) is 6.36. The number of esters is 1. The number of halogens is 2. The average molecular weight is 466 g/mol.